The summed E-state index contributed by atoms with van der Waals surface area (Å²) in [6, 6.07) is -0.589. The molecule has 0 fully saturated rings. The quantitative estimate of drug-likeness (QED) is 0.792. The Balaban J connectivity index is 2.22. The summed E-state index contributed by atoms with van der Waals surface area (Å²) in [6.07, 6.45) is 0. The van der Waals surface area contributed by atoms with Crippen LogP contribution >= 0.6 is 34.7 Å². The highest BCUT2D eigenvalue weighted by Crippen LogP contribution is 2.20. The zero-order valence-corrected chi connectivity index (χ0v) is 11.1. The molecule has 0 radical (unpaired) electrons. The van der Waals surface area contributed by atoms with E-state index in [4.69, 9.17) is 22.1 Å². The van der Waals surface area contributed by atoms with Gasteiger partial charge in [0, 0.05) is 11.5 Å². The number of carbonyl (C=O) groups is 1. The van der Waals surface area contributed by atoms with E-state index < -0.39 is 6.04 Å². The van der Waals surface area contributed by atoms with Crippen molar-refractivity contribution in [1.29, 1.82) is 0 Å². The number of nitrogens with zero attached hydrogens (tertiary/aromatic N) is 2. The Kier molecular flexibility index (Phi) is 6.04. The summed E-state index contributed by atoms with van der Waals surface area (Å²) >= 11 is 8.46. The molecule has 1 aromatic heterocycles. The van der Waals surface area contributed by atoms with Gasteiger partial charge >= 0.3 is 5.97 Å². The van der Waals surface area contributed by atoms with Gasteiger partial charge in [0.1, 0.15) is 11.0 Å². The molecule has 0 aliphatic heterocycles. The van der Waals surface area contributed by atoms with E-state index >= 15 is 0 Å². The van der Waals surface area contributed by atoms with Crippen LogP contribution in [0.5, 0.6) is 0 Å². The molecule has 2 N–H and O–H groups in total. The molecule has 0 aromatic carbocycles. The van der Waals surface area contributed by atoms with Gasteiger partial charge in [-0.25, -0.2) is 0 Å². The van der Waals surface area contributed by atoms with Crippen LogP contribution in [0.2, 0.25) is 4.47 Å². The van der Waals surface area contributed by atoms with Gasteiger partial charge in [0.25, 0.3) is 0 Å². The van der Waals surface area contributed by atoms with Gasteiger partial charge in [-0.05, 0) is 18.5 Å². The molecular formula is C8H12ClN3O2S2. The number of hydrogen-bond acceptors (Lipinski definition) is 7. The zero-order valence-electron chi connectivity index (χ0n) is 8.68. The number of halogens is 1. The van der Waals surface area contributed by atoms with E-state index in [2.05, 4.69) is 10.2 Å². The molecule has 1 unspecified atom stereocenters. The summed E-state index contributed by atoms with van der Waals surface area (Å²) in [6.45, 7) is 2.10. The highest BCUT2D eigenvalue weighted by atomic mass is 35.5. The lowest BCUT2D eigenvalue weighted by atomic mass is 10.4. The van der Waals surface area contributed by atoms with Gasteiger partial charge in [-0.2, -0.15) is 11.8 Å². The van der Waals surface area contributed by atoms with Gasteiger partial charge in [0.05, 0.1) is 6.61 Å². The van der Waals surface area contributed by atoms with Gasteiger partial charge < -0.3 is 10.5 Å². The fourth-order valence-electron chi connectivity index (χ4n) is 0.882. The zero-order chi connectivity index (χ0) is 12.0. The Hall–Kier alpha value is -0.370. The van der Waals surface area contributed by atoms with Crippen molar-refractivity contribution in [3.63, 3.8) is 0 Å². The van der Waals surface area contributed by atoms with Crippen LogP contribution < -0.4 is 5.73 Å². The second kappa shape index (κ2) is 7.05. The van der Waals surface area contributed by atoms with Crippen molar-refractivity contribution in [2.45, 2.75) is 18.7 Å². The Morgan fingerprint density at radius 1 is 1.69 bits per heavy atom. The number of rotatable bonds is 6. The maximum absolute atomic E-state index is 11.2. The van der Waals surface area contributed by atoms with Crippen molar-refractivity contribution in [1.82, 2.24) is 10.2 Å². The summed E-state index contributed by atoms with van der Waals surface area (Å²) in [5.41, 5.74) is 5.62. The van der Waals surface area contributed by atoms with Crippen LogP contribution in [-0.2, 0) is 15.3 Å². The molecule has 0 aliphatic rings. The first-order valence-corrected chi connectivity index (χ1v) is 6.96. The van der Waals surface area contributed by atoms with Gasteiger partial charge in [-0.15, -0.1) is 10.2 Å². The lowest BCUT2D eigenvalue weighted by molar-refractivity contribution is -0.144. The van der Waals surface area contributed by atoms with Crippen LogP contribution in [0.15, 0.2) is 0 Å². The van der Waals surface area contributed by atoms with Gasteiger partial charge in [0.15, 0.2) is 0 Å². The average molecular weight is 282 g/mol. The molecule has 0 aliphatic carbocycles. The van der Waals surface area contributed by atoms with Crippen molar-refractivity contribution in [3.05, 3.63) is 9.47 Å². The largest absolute Gasteiger partial charge is 0.465 e. The first-order valence-electron chi connectivity index (χ1n) is 4.61. The van der Waals surface area contributed by atoms with Crippen LogP contribution in [0, 0.1) is 0 Å². The second-order valence-corrected chi connectivity index (χ2v) is 5.50. The first-order chi connectivity index (χ1) is 7.63. The fourth-order valence-corrected chi connectivity index (χ4v) is 2.77. The minimum absolute atomic E-state index is 0.350. The lowest BCUT2D eigenvalue weighted by Gasteiger charge is -2.08. The van der Waals surface area contributed by atoms with Crippen LogP contribution in [-0.4, -0.2) is 34.6 Å². The number of aromatic nitrogens is 2. The molecule has 1 aromatic rings. The normalized spacial score (nSPS) is 12.4. The molecular weight excluding hydrogens is 270 g/mol. The van der Waals surface area contributed by atoms with E-state index in [-0.39, 0.29) is 5.97 Å². The third-order valence-electron chi connectivity index (χ3n) is 1.55. The Morgan fingerprint density at radius 3 is 3.00 bits per heavy atom. The van der Waals surface area contributed by atoms with E-state index in [0.717, 1.165) is 5.01 Å². The van der Waals surface area contributed by atoms with Crippen LogP contribution in [0.1, 0.15) is 11.9 Å². The maximum Gasteiger partial charge on any atom is 0.323 e. The molecule has 5 nitrogen and oxygen atoms in total. The standard InChI is InChI=1S/C8H12ClN3O2S2/c1-2-14-7(13)5(10)3-15-4-6-11-12-8(9)16-6/h5H,2-4,10H2,1H3. The van der Waals surface area contributed by atoms with E-state index in [1.54, 1.807) is 6.92 Å². The molecule has 0 spiro atoms. The monoisotopic (exact) mass is 281 g/mol. The molecule has 0 saturated carbocycles. The summed E-state index contributed by atoms with van der Waals surface area (Å²) in [4.78, 5) is 11.2. The van der Waals surface area contributed by atoms with Gasteiger partial charge in [0.2, 0.25) is 4.47 Å². The lowest BCUT2D eigenvalue weighted by Crippen LogP contribution is -2.34. The topological polar surface area (TPSA) is 78.1 Å². The third-order valence-corrected chi connectivity index (χ3v) is 3.83. The van der Waals surface area contributed by atoms with Crippen molar-refractivity contribution in [2.75, 3.05) is 12.4 Å². The smallest absolute Gasteiger partial charge is 0.323 e. The van der Waals surface area contributed by atoms with Gasteiger partial charge in [-0.1, -0.05) is 11.3 Å². The highest BCUT2D eigenvalue weighted by Gasteiger charge is 2.14. The van der Waals surface area contributed by atoms with Gasteiger partial charge in [-0.3, -0.25) is 4.79 Å². The molecule has 16 heavy (non-hydrogen) atoms. The predicted molar refractivity (Wildman–Crippen MR) is 65.7 cm³/mol. The van der Waals surface area contributed by atoms with E-state index in [0.29, 0.717) is 22.6 Å². The maximum atomic E-state index is 11.2. The Labute approximate surface area is 107 Å². The molecule has 0 saturated heterocycles. The molecule has 90 valence electrons. The average Bonchev–Trinajstić information content (AvgIpc) is 2.64. The van der Waals surface area contributed by atoms with Crippen molar-refractivity contribution >= 4 is 40.7 Å². The van der Waals surface area contributed by atoms with E-state index in [1.807, 2.05) is 0 Å². The van der Waals surface area contributed by atoms with Crippen molar-refractivity contribution < 1.29 is 9.53 Å². The minimum atomic E-state index is -0.589. The first kappa shape index (κ1) is 13.7. The highest BCUT2D eigenvalue weighted by molar-refractivity contribution is 7.98. The number of esters is 1. The predicted octanol–water partition coefficient (Wildman–Crippen LogP) is 1.32. The van der Waals surface area contributed by atoms with Crippen molar-refractivity contribution in [2.24, 2.45) is 5.73 Å². The molecule has 0 amide bonds. The summed E-state index contributed by atoms with van der Waals surface area (Å²) in [7, 11) is 0. The summed E-state index contributed by atoms with van der Waals surface area (Å²) < 4.78 is 5.21. The summed E-state index contributed by atoms with van der Waals surface area (Å²) in [5.74, 6) is 0.776. The van der Waals surface area contributed by atoms with Crippen LogP contribution in [0.3, 0.4) is 0 Å². The Morgan fingerprint density at radius 2 is 2.44 bits per heavy atom. The number of hydrogen-bond donors (Lipinski definition) is 1. The second-order valence-electron chi connectivity index (χ2n) is 2.82. The van der Waals surface area contributed by atoms with Crippen LogP contribution in [0.25, 0.3) is 0 Å². The fraction of sp³-hybridized carbons (Fsp3) is 0.625. The molecule has 1 atom stereocenters. The SMILES string of the molecule is CCOC(=O)C(N)CSCc1nnc(Cl)s1. The molecule has 1 rings (SSSR count). The number of carbonyl (C=O) groups excluding carboxylic acids is 1. The Bertz CT molecular complexity index is 348. The number of nitrogens with two attached hydrogens (primary N) is 1. The van der Waals surface area contributed by atoms with E-state index in [1.165, 1.54) is 23.1 Å². The number of ether oxygens (including phenoxy) is 1. The molecule has 1 heterocycles. The van der Waals surface area contributed by atoms with Crippen LogP contribution in [0.4, 0.5) is 0 Å². The molecule has 8 heteroatoms. The third kappa shape index (κ3) is 4.65. The molecule has 0 bridgehead atoms. The van der Waals surface area contributed by atoms with E-state index in [9.17, 15) is 4.79 Å². The summed E-state index contributed by atoms with van der Waals surface area (Å²) in [5, 5.41) is 8.35. The minimum Gasteiger partial charge on any atom is -0.465 e. The number of thioether (sulfide) groups is 1. The van der Waals surface area contributed by atoms with Crippen molar-refractivity contribution in [3.8, 4) is 0 Å².